The van der Waals surface area contributed by atoms with Gasteiger partial charge in [-0.1, -0.05) is 77.8 Å². The van der Waals surface area contributed by atoms with Crippen LogP contribution in [0.4, 0.5) is 5.69 Å². The summed E-state index contributed by atoms with van der Waals surface area (Å²) in [4.78, 5) is 56.6. The molecule has 9 heteroatoms. The van der Waals surface area contributed by atoms with E-state index in [0.717, 1.165) is 0 Å². The van der Waals surface area contributed by atoms with Gasteiger partial charge in [-0.2, -0.15) is 5.06 Å². The van der Waals surface area contributed by atoms with E-state index < -0.39 is 58.6 Å². The molecule has 0 radical (unpaired) electrons. The standard InChI is InChI=1S/C32H25ClN2O6/c33-18-9-6-10-19(15-18)34-29(38)24-16-23-20(13-14-22-26(23)30(39)35(41)28(22)37)27(21-11-4-5-12-25(21)36)32(24,31(34)40)17-7-2-1-3-8-17/h1-13,15,22-24,26-27,36,41H,14,16H2/t22-,23+,24-,26-,27+,32+/m0/s1. The number of aromatic hydroxyl groups is 1. The molecule has 0 aromatic heterocycles. The summed E-state index contributed by atoms with van der Waals surface area (Å²) in [6, 6.07) is 22.3. The second-order valence-electron chi connectivity index (χ2n) is 11.1. The molecular weight excluding hydrogens is 544 g/mol. The zero-order chi connectivity index (χ0) is 28.6. The van der Waals surface area contributed by atoms with Crippen LogP contribution in [-0.2, 0) is 24.6 Å². The third-order valence-corrected chi connectivity index (χ3v) is 9.63. The molecule has 2 N–H and O–H groups in total. The molecular formula is C32H25ClN2O6. The number of benzene rings is 3. The van der Waals surface area contributed by atoms with E-state index in [9.17, 15) is 29.5 Å². The van der Waals surface area contributed by atoms with Gasteiger partial charge in [0.15, 0.2) is 0 Å². The van der Waals surface area contributed by atoms with Crippen molar-refractivity contribution in [1.82, 2.24) is 5.06 Å². The van der Waals surface area contributed by atoms with Crippen molar-refractivity contribution in [3.05, 3.63) is 107 Å². The van der Waals surface area contributed by atoms with Crippen LogP contribution in [0.2, 0.25) is 5.02 Å². The van der Waals surface area contributed by atoms with Gasteiger partial charge in [0.2, 0.25) is 11.8 Å². The van der Waals surface area contributed by atoms with Gasteiger partial charge < -0.3 is 5.11 Å². The highest BCUT2D eigenvalue weighted by Crippen LogP contribution is 2.65. The number of hydrogen-bond donors (Lipinski definition) is 2. The highest BCUT2D eigenvalue weighted by molar-refractivity contribution is 6.32. The number of para-hydroxylation sites is 1. The highest BCUT2D eigenvalue weighted by Gasteiger charge is 2.70. The lowest BCUT2D eigenvalue weighted by atomic mass is 9.49. The topological polar surface area (TPSA) is 115 Å². The maximum atomic E-state index is 14.9. The van der Waals surface area contributed by atoms with E-state index in [1.165, 1.54) is 11.0 Å². The Balaban J connectivity index is 1.53. The van der Waals surface area contributed by atoms with Crippen molar-refractivity contribution in [3.8, 4) is 5.75 Å². The Kier molecular flexibility index (Phi) is 5.71. The van der Waals surface area contributed by atoms with E-state index in [-0.39, 0.29) is 23.7 Å². The molecule has 2 aliphatic carbocycles. The molecule has 41 heavy (non-hydrogen) atoms. The molecule has 0 unspecified atom stereocenters. The molecule has 8 nitrogen and oxygen atoms in total. The van der Waals surface area contributed by atoms with Gasteiger partial charge in [-0.25, -0.2) is 4.90 Å². The van der Waals surface area contributed by atoms with Crippen molar-refractivity contribution in [2.75, 3.05) is 4.90 Å². The SMILES string of the molecule is O=C1[C@H]2[C@H](CC=C3[C@H]2C[C@H]2C(=O)N(c4cccc(Cl)c4)C(=O)[C@@]2(c2ccccc2)[C@H]3c2ccccc2O)C(=O)N1O. The van der Waals surface area contributed by atoms with Gasteiger partial charge in [-0.3, -0.25) is 24.4 Å². The Labute approximate surface area is 240 Å². The minimum Gasteiger partial charge on any atom is -0.508 e. The molecule has 0 bridgehead atoms. The fourth-order valence-electron chi connectivity index (χ4n) is 7.80. The summed E-state index contributed by atoms with van der Waals surface area (Å²) < 4.78 is 0. The first-order valence-corrected chi connectivity index (χ1v) is 13.9. The number of fused-ring (bicyclic) bond motifs is 4. The number of halogens is 1. The van der Waals surface area contributed by atoms with Crippen molar-refractivity contribution < 1.29 is 29.5 Å². The van der Waals surface area contributed by atoms with Crippen LogP contribution >= 0.6 is 11.6 Å². The number of rotatable bonds is 3. The Morgan fingerprint density at radius 1 is 0.829 bits per heavy atom. The van der Waals surface area contributed by atoms with Crippen LogP contribution in [0, 0.1) is 23.7 Å². The minimum absolute atomic E-state index is 0.0470. The van der Waals surface area contributed by atoms with Gasteiger partial charge in [0, 0.05) is 16.5 Å². The molecule has 7 rings (SSSR count). The first-order valence-electron chi connectivity index (χ1n) is 13.5. The van der Waals surface area contributed by atoms with Gasteiger partial charge in [-0.05, 0) is 48.6 Å². The van der Waals surface area contributed by atoms with Gasteiger partial charge in [0.05, 0.1) is 28.9 Å². The second-order valence-corrected chi connectivity index (χ2v) is 11.6. The first-order chi connectivity index (χ1) is 19.8. The number of phenolic OH excluding ortho intramolecular Hbond substituents is 1. The summed E-state index contributed by atoms with van der Waals surface area (Å²) in [6.07, 6.45) is 2.17. The number of nitrogens with zero attached hydrogens (tertiary/aromatic N) is 2. The average Bonchev–Trinajstić information content (AvgIpc) is 3.34. The third-order valence-electron chi connectivity index (χ3n) is 9.39. The lowest BCUT2D eigenvalue weighted by molar-refractivity contribution is -0.173. The van der Waals surface area contributed by atoms with Gasteiger partial charge in [0.25, 0.3) is 11.8 Å². The number of hydrogen-bond acceptors (Lipinski definition) is 6. The van der Waals surface area contributed by atoms with E-state index in [1.54, 1.807) is 42.5 Å². The van der Waals surface area contributed by atoms with Crippen LogP contribution < -0.4 is 4.90 Å². The molecule has 4 amide bonds. The van der Waals surface area contributed by atoms with Crippen molar-refractivity contribution in [3.63, 3.8) is 0 Å². The largest absolute Gasteiger partial charge is 0.508 e. The van der Waals surface area contributed by atoms with Crippen LogP contribution in [0.1, 0.15) is 29.9 Å². The smallest absolute Gasteiger partial charge is 0.257 e. The summed E-state index contributed by atoms with van der Waals surface area (Å²) >= 11 is 6.28. The molecule has 1 saturated carbocycles. The van der Waals surface area contributed by atoms with Gasteiger partial charge in [-0.15, -0.1) is 0 Å². The zero-order valence-corrected chi connectivity index (χ0v) is 22.4. The van der Waals surface area contributed by atoms with Crippen molar-refractivity contribution in [2.24, 2.45) is 23.7 Å². The van der Waals surface area contributed by atoms with Crippen LogP contribution in [0.15, 0.2) is 90.5 Å². The fraction of sp³-hybridized carbons (Fsp3) is 0.250. The Bertz CT molecular complexity index is 1670. The summed E-state index contributed by atoms with van der Waals surface area (Å²) in [7, 11) is 0. The molecule has 2 heterocycles. The van der Waals surface area contributed by atoms with Crippen LogP contribution in [0.25, 0.3) is 0 Å². The van der Waals surface area contributed by atoms with E-state index in [1.807, 2.05) is 36.4 Å². The summed E-state index contributed by atoms with van der Waals surface area (Å²) in [6.45, 7) is 0. The quantitative estimate of drug-likeness (QED) is 0.271. The molecule has 2 saturated heterocycles. The van der Waals surface area contributed by atoms with Gasteiger partial charge >= 0.3 is 0 Å². The summed E-state index contributed by atoms with van der Waals surface area (Å²) in [5.74, 6) is -6.31. The van der Waals surface area contributed by atoms with E-state index >= 15 is 0 Å². The van der Waals surface area contributed by atoms with Gasteiger partial charge in [0.1, 0.15) is 5.75 Å². The number of carbonyl (C=O) groups is 4. The fourth-order valence-corrected chi connectivity index (χ4v) is 7.99. The van der Waals surface area contributed by atoms with E-state index in [0.29, 0.717) is 27.4 Å². The minimum atomic E-state index is -1.46. The predicted molar refractivity (Wildman–Crippen MR) is 148 cm³/mol. The number of carbonyl (C=O) groups excluding carboxylic acids is 4. The first kappa shape index (κ1) is 25.7. The Morgan fingerprint density at radius 2 is 1.56 bits per heavy atom. The molecule has 3 aromatic rings. The van der Waals surface area contributed by atoms with E-state index in [4.69, 9.17) is 11.6 Å². The summed E-state index contributed by atoms with van der Waals surface area (Å²) in [5, 5.41) is 22.0. The molecule has 206 valence electrons. The molecule has 4 aliphatic rings. The normalized spacial score (nSPS) is 30.7. The maximum Gasteiger partial charge on any atom is 0.257 e. The second kappa shape index (κ2) is 9.12. The lowest BCUT2D eigenvalue weighted by Gasteiger charge is -2.50. The van der Waals surface area contributed by atoms with Crippen LogP contribution in [-0.4, -0.2) is 39.0 Å². The van der Waals surface area contributed by atoms with Crippen LogP contribution in [0.5, 0.6) is 5.75 Å². The molecule has 0 spiro atoms. The number of imide groups is 2. The van der Waals surface area contributed by atoms with E-state index in [2.05, 4.69) is 0 Å². The number of hydroxylamine groups is 2. The Hall–Kier alpha value is -4.27. The predicted octanol–water partition coefficient (Wildman–Crippen LogP) is 4.60. The van der Waals surface area contributed by atoms with Crippen molar-refractivity contribution >= 4 is 40.9 Å². The van der Waals surface area contributed by atoms with Crippen molar-refractivity contribution in [2.45, 2.75) is 24.2 Å². The number of allylic oxidation sites excluding steroid dienone is 2. The summed E-state index contributed by atoms with van der Waals surface area (Å²) in [5.41, 5.74) is 0.636. The lowest BCUT2D eigenvalue weighted by Crippen LogP contribution is -2.53. The number of amides is 4. The monoisotopic (exact) mass is 568 g/mol. The zero-order valence-electron chi connectivity index (χ0n) is 21.7. The number of phenols is 1. The molecule has 2 aliphatic heterocycles. The molecule has 6 atom stereocenters. The average molecular weight is 569 g/mol. The highest BCUT2D eigenvalue weighted by atomic mass is 35.5. The third kappa shape index (κ3) is 3.38. The number of anilines is 1. The molecule has 3 fully saturated rings. The maximum absolute atomic E-state index is 14.9. The molecule has 3 aromatic carbocycles. The van der Waals surface area contributed by atoms with Crippen molar-refractivity contribution in [1.29, 1.82) is 0 Å². The van der Waals surface area contributed by atoms with Crippen LogP contribution in [0.3, 0.4) is 0 Å². The Morgan fingerprint density at radius 3 is 2.29 bits per heavy atom.